The van der Waals surface area contributed by atoms with Gasteiger partial charge in [0.1, 0.15) is 0 Å². The molecule has 0 aliphatic heterocycles. The molecule has 44 heavy (non-hydrogen) atoms. The minimum atomic E-state index is -0.775. The van der Waals surface area contributed by atoms with E-state index in [-0.39, 0.29) is 17.9 Å². The largest absolute Gasteiger partial charge is 0.370 e. The summed E-state index contributed by atoms with van der Waals surface area (Å²) in [4.78, 5) is 30.9. The van der Waals surface area contributed by atoms with E-state index >= 15 is 0 Å². The summed E-state index contributed by atoms with van der Waals surface area (Å²) in [5.41, 5.74) is 2.11. The molecular formula is C39H78N2O3. The Morgan fingerprint density at radius 2 is 0.864 bits per heavy atom. The summed E-state index contributed by atoms with van der Waals surface area (Å²) in [6.45, 7) is 11.0. The zero-order chi connectivity index (χ0) is 32.6. The van der Waals surface area contributed by atoms with E-state index in [0.717, 1.165) is 25.7 Å². The van der Waals surface area contributed by atoms with Crippen molar-refractivity contribution in [3.8, 4) is 0 Å². The molecule has 0 radical (unpaired) electrons. The van der Waals surface area contributed by atoms with Crippen molar-refractivity contribution in [3.63, 3.8) is 0 Å². The zero-order valence-corrected chi connectivity index (χ0v) is 30.5. The van der Waals surface area contributed by atoms with E-state index in [9.17, 15) is 9.59 Å². The van der Waals surface area contributed by atoms with Crippen LogP contribution in [0.5, 0.6) is 0 Å². The summed E-state index contributed by atoms with van der Waals surface area (Å²) >= 11 is 0. The van der Waals surface area contributed by atoms with E-state index in [4.69, 9.17) is 4.84 Å². The van der Waals surface area contributed by atoms with Crippen molar-refractivity contribution in [3.05, 3.63) is 0 Å². The van der Waals surface area contributed by atoms with Crippen LogP contribution in [-0.4, -0.2) is 24.5 Å². The Kier molecular flexibility index (Phi) is 31.1. The molecule has 1 unspecified atom stereocenters. The lowest BCUT2D eigenvalue weighted by Gasteiger charge is -2.32. The highest BCUT2D eigenvalue weighted by molar-refractivity contribution is 5.80. The third kappa shape index (κ3) is 26.1. The highest BCUT2D eigenvalue weighted by Crippen LogP contribution is 2.25. The number of hydroxylamine groups is 1. The van der Waals surface area contributed by atoms with Crippen LogP contribution in [0, 0.1) is 5.41 Å². The number of nitrogens with one attached hydrogen (secondary N) is 2. The molecule has 0 rings (SSSR count). The summed E-state index contributed by atoms with van der Waals surface area (Å²) in [7, 11) is 0. The summed E-state index contributed by atoms with van der Waals surface area (Å²) in [6.07, 6.45) is 36.8. The minimum Gasteiger partial charge on any atom is -0.370 e. The van der Waals surface area contributed by atoms with Gasteiger partial charge >= 0.3 is 5.97 Å². The highest BCUT2D eigenvalue weighted by Gasteiger charge is 2.38. The van der Waals surface area contributed by atoms with Gasteiger partial charge in [0.15, 0.2) is 0 Å². The Labute approximate surface area is 275 Å². The van der Waals surface area contributed by atoms with Crippen LogP contribution in [0.3, 0.4) is 0 Å². The first-order valence-electron chi connectivity index (χ1n) is 19.6. The van der Waals surface area contributed by atoms with Crippen molar-refractivity contribution in [2.75, 3.05) is 6.54 Å². The standard InChI is InChI=1S/C39H78N2O3/c1-6-9-11-13-15-17-19-21-22-23-24-26-28-30-32-34-37(42)41-36(8-3)39(4,5)38(43)44-40-35-33-31-29-27-25-20-18-16-14-12-10-7-2/h36,40H,6-35H2,1-5H3,(H,41,42). The van der Waals surface area contributed by atoms with E-state index in [1.807, 2.05) is 20.8 Å². The van der Waals surface area contributed by atoms with Gasteiger partial charge in [0, 0.05) is 19.0 Å². The fourth-order valence-corrected chi connectivity index (χ4v) is 6.14. The molecule has 2 N–H and O–H groups in total. The Balaban J connectivity index is 3.79. The summed E-state index contributed by atoms with van der Waals surface area (Å²) < 4.78 is 0. The van der Waals surface area contributed by atoms with Gasteiger partial charge in [-0.3, -0.25) is 4.79 Å². The summed E-state index contributed by atoms with van der Waals surface area (Å²) in [5, 5.41) is 3.12. The van der Waals surface area contributed by atoms with Crippen molar-refractivity contribution in [2.24, 2.45) is 5.41 Å². The molecule has 0 saturated carbocycles. The van der Waals surface area contributed by atoms with Crippen molar-refractivity contribution in [1.29, 1.82) is 0 Å². The van der Waals surface area contributed by atoms with Gasteiger partial charge in [0.05, 0.1) is 5.41 Å². The maximum atomic E-state index is 12.8. The average molecular weight is 623 g/mol. The lowest BCUT2D eigenvalue weighted by molar-refractivity contribution is -0.164. The van der Waals surface area contributed by atoms with Crippen LogP contribution in [0.15, 0.2) is 0 Å². The van der Waals surface area contributed by atoms with Crippen molar-refractivity contribution in [1.82, 2.24) is 10.8 Å². The Morgan fingerprint density at radius 1 is 0.523 bits per heavy atom. The molecule has 0 spiro atoms. The number of hydrogen-bond acceptors (Lipinski definition) is 4. The molecule has 0 fully saturated rings. The van der Waals surface area contributed by atoms with Gasteiger partial charge in [-0.05, 0) is 33.1 Å². The lowest BCUT2D eigenvalue weighted by Crippen LogP contribution is -2.50. The molecule has 0 heterocycles. The monoisotopic (exact) mass is 623 g/mol. The molecule has 0 aromatic rings. The van der Waals surface area contributed by atoms with Gasteiger partial charge in [0.25, 0.3) is 0 Å². The maximum Gasteiger partial charge on any atom is 0.332 e. The Hall–Kier alpha value is -1.10. The molecule has 0 bridgehead atoms. The van der Waals surface area contributed by atoms with Crippen LogP contribution in [-0.2, 0) is 14.4 Å². The molecule has 0 aliphatic carbocycles. The second-order valence-electron chi connectivity index (χ2n) is 14.1. The van der Waals surface area contributed by atoms with E-state index in [1.54, 1.807) is 0 Å². The molecular weight excluding hydrogens is 544 g/mol. The van der Waals surface area contributed by atoms with Crippen LogP contribution in [0.2, 0.25) is 0 Å². The van der Waals surface area contributed by atoms with Gasteiger partial charge < -0.3 is 10.2 Å². The molecule has 0 aliphatic rings. The Morgan fingerprint density at radius 3 is 1.23 bits per heavy atom. The van der Waals surface area contributed by atoms with E-state index < -0.39 is 5.41 Å². The predicted molar refractivity (Wildman–Crippen MR) is 191 cm³/mol. The lowest BCUT2D eigenvalue weighted by atomic mass is 9.83. The van der Waals surface area contributed by atoms with Crippen LogP contribution in [0.25, 0.3) is 0 Å². The van der Waals surface area contributed by atoms with Gasteiger partial charge in [-0.1, -0.05) is 181 Å². The van der Waals surface area contributed by atoms with E-state index in [0.29, 0.717) is 19.4 Å². The molecule has 0 aromatic carbocycles. The number of hydrogen-bond donors (Lipinski definition) is 2. The molecule has 0 aromatic heterocycles. The van der Waals surface area contributed by atoms with Crippen LogP contribution >= 0.6 is 0 Å². The summed E-state index contributed by atoms with van der Waals surface area (Å²) in [6, 6.07) is -0.229. The second-order valence-corrected chi connectivity index (χ2v) is 14.1. The van der Waals surface area contributed by atoms with Crippen molar-refractivity contribution in [2.45, 2.75) is 227 Å². The zero-order valence-electron chi connectivity index (χ0n) is 30.5. The molecule has 1 atom stereocenters. The number of amides is 1. The van der Waals surface area contributed by atoms with Gasteiger partial charge in [0.2, 0.25) is 5.91 Å². The van der Waals surface area contributed by atoms with Crippen LogP contribution < -0.4 is 10.8 Å². The van der Waals surface area contributed by atoms with E-state index in [2.05, 4.69) is 24.6 Å². The van der Waals surface area contributed by atoms with Crippen molar-refractivity contribution < 1.29 is 14.4 Å². The first-order chi connectivity index (χ1) is 21.4. The fraction of sp³-hybridized carbons (Fsp3) is 0.949. The predicted octanol–water partition coefficient (Wildman–Crippen LogP) is 11.9. The third-order valence-corrected chi connectivity index (χ3v) is 9.45. The first-order valence-corrected chi connectivity index (χ1v) is 19.6. The van der Waals surface area contributed by atoms with Crippen LogP contribution in [0.4, 0.5) is 0 Å². The number of rotatable bonds is 34. The van der Waals surface area contributed by atoms with E-state index in [1.165, 1.54) is 148 Å². The van der Waals surface area contributed by atoms with Gasteiger partial charge in [-0.2, -0.15) is 5.48 Å². The molecule has 1 amide bonds. The van der Waals surface area contributed by atoms with Crippen molar-refractivity contribution >= 4 is 11.9 Å². The number of unbranched alkanes of at least 4 members (excludes halogenated alkanes) is 25. The van der Waals surface area contributed by atoms with Crippen LogP contribution in [0.1, 0.15) is 221 Å². The fourth-order valence-electron chi connectivity index (χ4n) is 6.14. The Bertz CT molecular complexity index is 637. The molecule has 5 nitrogen and oxygen atoms in total. The average Bonchev–Trinajstić information content (AvgIpc) is 3.01. The topological polar surface area (TPSA) is 67.4 Å². The molecule has 262 valence electrons. The van der Waals surface area contributed by atoms with Gasteiger partial charge in [-0.25, -0.2) is 4.79 Å². The summed E-state index contributed by atoms with van der Waals surface area (Å²) in [5.74, 6) is -0.243. The maximum absolute atomic E-state index is 12.8. The number of carbonyl (C=O) groups excluding carboxylic acids is 2. The third-order valence-electron chi connectivity index (χ3n) is 9.45. The minimum absolute atomic E-state index is 0.0527. The SMILES string of the molecule is CCCCCCCCCCCCCCCCCC(=O)NC(CC)C(C)(C)C(=O)ONCCCCCCCCCCCCCC. The quantitative estimate of drug-likeness (QED) is 0.0553. The molecule has 0 saturated heterocycles. The number of carbonyl (C=O) groups is 2. The molecule has 5 heteroatoms. The highest BCUT2D eigenvalue weighted by atomic mass is 16.7. The first kappa shape index (κ1) is 42.9. The normalized spacial score (nSPS) is 12.4. The second kappa shape index (κ2) is 31.9. The van der Waals surface area contributed by atoms with Gasteiger partial charge in [-0.15, -0.1) is 0 Å². The smallest absolute Gasteiger partial charge is 0.332 e.